The molecule has 0 aliphatic carbocycles. The SMILES string of the molecule is CCCCn1nc(C)cc(C#N)c1=O. The van der Waals surface area contributed by atoms with Crippen molar-refractivity contribution in [2.75, 3.05) is 0 Å². The maximum absolute atomic E-state index is 11.5. The molecule has 4 nitrogen and oxygen atoms in total. The second-order valence-electron chi connectivity index (χ2n) is 3.19. The van der Waals surface area contributed by atoms with E-state index >= 15 is 0 Å². The van der Waals surface area contributed by atoms with Crippen molar-refractivity contribution in [3.63, 3.8) is 0 Å². The molecule has 0 atom stereocenters. The lowest BCUT2D eigenvalue weighted by Crippen LogP contribution is -2.25. The maximum atomic E-state index is 11.5. The van der Waals surface area contributed by atoms with Gasteiger partial charge in [-0.05, 0) is 19.4 Å². The van der Waals surface area contributed by atoms with Crippen LogP contribution in [0.5, 0.6) is 0 Å². The zero-order valence-electron chi connectivity index (χ0n) is 8.45. The first kappa shape index (κ1) is 10.5. The van der Waals surface area contributed by atoms with Crippen molar-refractivity contribution in [3.8, 4) is 6.07 Å². The normalized spacial score (nSPS) is 9.79. The van der Waals surface area contributed by atoms with Crippen LogP contribution >= 0.6 is 0 Å². The van der Waals surface area contributed by atoms with Crippen molar-refractivity contribution < 1.29 is 0 Å². The van der Waals surface area contributed by atoms with E-state index in [-0.39, 0.29) is 11.1 Å². The van der Waals surface area contributed by atoms with Gasteiger partial charge < -0.3 is 0 Å². The summed E-state index contributed by atoms with van der Waals surface area (Å²) >= 11 is 0. The van der Waals surface area contributed by atoms with Crippen molar-refractivity contribution in [2.24, 2.45) is 0 Å². The van der Waals surface area contributed by atoms with Crippen LogP contribution in [0, 0.1) is 18.3 Å². The van der Waals surface area contributed by atoms with Crippen LogP contribution in [-0.2, 0) is 6.54 Å². The van der Waals surface area contributed by atoms with E-state index in [1.165, 1.54) is 10.7 Å². The van der Waals surface area contributed by atoms with Gasteiger partial charge >= 0.3 is 0 Å². The fraction of sp³-hybridized carbons (Fsp3) is 0.500. The number of nitriles is 1. The van der Waals surface area contributed by atoms with Crippen LogP contribution in [0.15, 0.2) is 10.9 Å². The number of rotatable bonds is 3. The summed E-state index contributed by atoms with van der Waals surface area (Å²) in [5.41, 5.74) is 0.595. The summed E-state index contributed by atoms with van der Waals surface area (Å²) in [6.07, 6.45) is 1.91. The Morgan fingerprint density at radius 3 is 2.93 bits per heavy atom. The zero-order valence-corrected chi connectivity index (χ0v) is 8.45. The molecule has 0 amide bonds. The smallest absolute Gasteiger partial charge is 0.266 e. The Hall–Kier alpha value is -1.63. The molecule has 0 saturated carbocycles. The standard InChI is InChI=1S/C10H13N3O/c1-3-4-5-13-10(14)9(7-11)6-8(2)12-13/h6H,3-5H2,1-2H3. The van der Waals surface area contributed by atoms with E-state index in [0.717, 1.165) is 12.8 Å². The van der Waals surface area contributed by atoms with Crippen LogP contribution in [0.2, 0.25) is 0 Å². The van der Waals surface area contributed by atoms with Crippen molar-refractivity contribution >= 4 is 0 Å². The summed E-state index contributed by atoms with van der Waals surface area (Å²) in [5, 5.41) is 12.8. The third kappa shape index (κ3) is 2.19. The fourth-order valence-electron chi connectivity index (χ4n) is 1.21. The molecule has 0 fully saturated rings. The molecule has 74 valence electrons. The first-order chi connectivity index (χ1) is 6.69. The molecule has 1 rings (SSSR count). The highest BCUT2D eigenvalue weighted by Gasteiger charge is 2.04. The van der Waals surface area contributed by atoms with Crippen molar-refractivity contribution in [1.29, 1.82) is 5.26 Å². The van der Waals surface area contributed by atoms with E-state index in [1.54, 1.807) is 6.92 Å². The van der Waals surface area contributed by atoms with Gasteiger partial charge in [0.2, 0.25) is 0 Å². The lowest BCUT2D eigenvalue weighted by molar-refractivity contribution is 0.536. The van der Waals surface area contributed by atoms with Gasteiger partial charge in [0.05, 0.1) is 5.69 Å². The van der Waals surface area contributed by atoms with Gasteiger partial charge in [0.15, 0.2) is 0 Å². The molecule has 0 aliphatic heterocycles. The van der Waals surface area contributed by atoms with Crippen LogP contribution in [0.4, 0.5) is 0 Å². The molecule has 0 aliphatic rings. The third-order valence-corrected chi connectivity index (χ3v) is 1.94. The largest absolute Gasteiger partial charge is 0.284 e. The van der Waals surface area contributed by atoms with Crippen molar-refractivity contribution in [3.05, 3.63) is 27.7 Å². The van der Waals surface area contributed by atoms with E-state index < -0.39 is 0 Å². The molecule has 0 spiro atoms. The Kier molecular flexibility index (Phi) is 3.41. The first-order valence-electron chi connectivity index (χ1n) is 4.68. The number of aromatic nitrogens is 2. The average molecular weight is 191 g/mol. The molecule has 1 aromatic heterocycles. The first-order valence-corrected chi connectivity index (χ1v) is 4.68. The monoisotopic (exact) mass is 191 g/mol. The van der Waals surface area contributed by atoms with Gasteiger partial charge in [-0.2, -0.15) is 10.4 Å². The number of nitrogens with zero attached hydrogens (tertiary/aromatic N) is 3. The molecule has 14 heavy (non-hydrogen) atoms. The predicted octanol–water partition coefficient (Wildman–Crippen LogP) is 1.22. The molecule has 4 heteroatoms. The van der Waals surface area contributed by atoms with Crippen LogP contribution in [0.3, 0.4) is 0 Å². The van der Waals surface area contributed by atoms with E-state index in [9.17, 15) is 4.79 Å². The molecule has 0 aromatic carbocycles. The molecule has 1 aromatic rings. The summed E-state index contributed by atoms with van der Waals surface area (Å²) < 4.78 is 1.37. The second-order valence-corrected chi connectivity index (χ2v) is 3.19. The van der Waals surface area contributed by atoms with Gasteiger partial charge in [-0.3, -0.25) is 4.79 Å². The molecule has 0 N–H and O–H groups in total. The van der Waals surface area contributed by atoms with E-state index in [4.69, 9.17) is 5.26 Å². The molecule has 0 saturated heterocycles. The minimum absolute atomic E-state index is 0.175. The topological polar surface area (TPSA) is 58.7 Å². The summed E-state index contributed by atoms with van der Waals surface area (Å²) in [6, 6.07) is 3.40. The van der Waals surface area contributed by atoms with Crippen LogP contribution in [0.1, 0.15) is 31.0 Å². The Morgan fingerprint density at radius 2 is 2.36 bits per heavy atom. The van der Waals surface area contributed by atoms with Crippen molar-refractivity contribution in [1.82, 2.24) is 9.78 Å². The Balaban J connectivity index is 3.11. The number of hydrogen-bond donors (Lipinski definition) is 0. The van der Waals surface area contributed by atoms with Gasteiger partial charge in [-0.1, -0.05) is 13.3 Å². The summed E-state index contributed by atoms with van der Waals surface area (Å²) in [6.45, 7) is 4.42. The highest BCUT2D eigenvalue weighted by atomic mass is 16.1. The molecule has 0 unspecified atom stereocenters. The Bertz CT molecular complexity index is 414. The predicted molar refractivity (Wildman–Crippen MR) is 52.9 cm³/mol. The second kappa shape index (κ2) is 4.56. The van der Waals surface area contributed by atoms with E-state index in [2.05, 4.69) is 5.10 Å². The minimum atomic E-state index is -0.286. The van der Waals surface area contributed by atoms with Crippen LogP contribution in [-0.4, -0.2) is 9.78 Å². The van der Waals surface area contributed by atoms with Gasteiger partial charge in [0, 0.05) is 6.54 Å². The van der Waals surface area contributed by atoms with Gasteiger partial charge in [0.25, 0.3) is 5.56 Å². The zero-order chi connectivity index (χ0) is 10.6. The molecule has 0 bridgehead atoms. The highest BCUT2D eigenvalue weighted by molar-refractivity contribution is 5.26. The lowest BCUT2D eigenvalue weighted by Gasteiger charge is -2.04. The number of unbranched alkanes of at least 4 members (excludes halogenated alkanes) is 1. The van der Waals surface area contributed by atoms with Gasteiger partial charge in [-0.15, -0.1) is 0 Å². The minimum Gasteiger partial charge on any atom is -0.266 e. The van der Waals surface area contributed by atoms with E-state index in [0.29, 0.717) is 12.2 Å². The molecular formula is C10H13N3O. The van der Waals surface area contributed by atoms with Gasteiger partial charge in [0.1, 0.15) is 11.6 Å². The fourth-order valence-corrected chi connectivity index (χ4v) is 1.21. The molecule has 1 heterocycles. The summed E-state index contributed by atoms with van der Waals surface area (Å²) in [7, 11) is 0. The summed E-state index contributed by atoms with van der Waals surface area (Å²) in [4.78, 5) is 11.5. The highest BCUT2D eigenvalue weighted by Crippen LogP contribution is 1.95. The van der Waals surface area contributed by atoms with Crippen LogP contribution in [0.25, 0.3) is 0 Å². The average Bonchev–Trinajstić information content (AvgIpc) is 2.18. The Labute approximate surface area is 82.8 Å². The maximum Gasteiger partial charge on any atom is 0.284 e. The summed E-state index contributed by atoms with van der Waals surface area (Å²) in [5.74, 6) is 0. The lowest BCUT2D eigenvalue weighted by atomic mass is 10.3. The van der Waals surface area contributed by atoms with Gasteiger partial charge in [-0.25, -0.2) is 4.68 Å². The van der Waals surface area contributed by atoms with E-state index in [1.807, 2.05) is 13.0 Å². The molecule has 0 radical (unpaired) electrons. The number of aryl methyl sites for hydroxylation is 2. The van der Waals surface area contributed by atoms with Crippen LogP contribution < -0.4 is 5.56 Å². The third-order valence-electron chi connectivity index (χ3n) is 1.94. The Morgan fingerprint density at radius 1 is 1.64 bits per heavy atom. The quantitative estimate of drug-likeness (QED) is 0.721. The molecular weight excluding hydrogens is 178 g/mol. The van der Waals surface area contributed by atoms with Crippen molar-refractivity contribution in [2.45, 2.75) is 33.2 Å². The number of hydrogen-bond acceptors (Lipinski definition) is 3.